The summed E-state index contributed by atoms with van der Waals surface area (Å²) in [6.07, 6.45) is 3.21. The molecule has 0 amide bonds. The largest absolute Gasteiger partial charge is 0.441 e. The zero-order chi connectivity index (χ0) is 9.47. The summed E-state index contributed by atoms with van der Waals surface area (Å²) in [4.78, 5) is 8.13. The molecule has 0 unspecified atom stereocenters. The van der Waals surface area contributed by atoms with Crippen LogP contribution in [0.5, 0.6) is 0 Å². The van der Waals surface area contributed by atoms with Gasteiger partial charge in [-0.3, -0.25) is 0 Å². The maximum atomic E-state index is 5.30. The van der Waals surface area contributed by atoms with Crippen LogP contribution in [0.25, 0.3) is 11.2 Å². The first-order chi connectivity index (χ1) is 6.09. The van der Waals surface area contributed by atoms with Crippen LogP contribution in [-0.2, 0) is 5.41 Å². The molecule has 0 atom stereocenters. The Labute approximate surface area is 76.8 Å². The van der Waals surface area contributed by atoms with Crippen LogP contribution >= 0.6 is 0 Å². The third kappa shape index (κ3) is 1.30. The number of rotatable bonds is 0. The summed E-state index contributed by atoms with van der Waals surface area (Å²) in [6.45, 7) is 6.43. The topological polar surface area (TPSA) is 38.9 Å². The Bertz CT molecular complexity index is 426. The zero-order valence-electron chi connectivity index (χ0n) is 8.03. The lowest BCUT2D eigenvalue weighted by molar-refractivity contribution is 0.554. The van der Waals surface area contributed by atoms with Crippen molar-refractivity contribution in [1.29, 1.82) is 0 Å². The van der Waals surface area contributed by atoms with Crippen molar-refractivity contribution in [2.75, 3.05) is 0 Å². The van der Waals surface area contributed by atoms with Crippen LogP contribution in [0.2, 0.25) is 0 Å². The van der Waals surface area contributed by atoms with Gasteiger partial charge in [0.1, 0.15) is 0 Å². The predicted octanol–water partition coefficient (Wildman–Crippen LogP) is 2.52. The molecule has 0 saturated carbocycles. The lowest BCUT2D eigenvalue weighted by Crippen LogP contribution is -2.11. The first-order valence-electron chi connectivity index (χ1n) is 4.28. The van der Waals surface area contributed by atoms with Crippen molar-refractivity contribution in [3.8, 4) is 0 Å². The van der Waals surface area contributed by atoms with Gasteiger partial charge in [-0.25, -0.2) is 4.98 Å². The van der Waals surface area contributed by atoms with E-state index < -0.39 is 0 Å². The van der Waals surface area contributed by atoms with Gasteiger partial charge >= 0.3 is 0 Å². The summed E-state index contributed by atoms with van der Waals surface area (Å²) >= 11 is 0. The fourth-order valence-corrected chi connectivity index (χ4v) is 1.36. The van der Waals surface area contributed by atoms with E-state index in [1.807, 2.05) is 6.07 Å². The molecule has 68 valence electrons. The minimum absolute atomic E-state index is 0.0702. The average molecular weight is 176 g/mol. The minimum atomic E-state index is 0.0702. The third-order valence-electron chi connectivity index (χ3n) is 2.04. The molecule has 0 bridgehead atoms. The molecule has 2 aromatic rings. The molecule has 0 radical (unpaired) electrons. The van der Waals surface area contributed by atoms with Crippen LogP contribution < -0.4 is 0 Å². The lowest BCUT2D eigenvalue weighted by atomic mass is 9.87. The van der Waals surface area contributed by atoms with Gasteiger partial charge in [0.05, 0.1) is 0 Å². The van der Waals surface area contributed by atoms with Crippen LogP contribution in [0, 0.1) is 0 Å². The zero-order valence-corrected chi connectivity index (χ0v) is 8.03. The first kappa shape index (κ1) is 8.23. The van der Waals surface area contributed by atoms with Crippen LogP contribution in [0.1, 0.15) is 26.3 Å². The Kier molecular flexibility index (Phi) is 1.62. The molecule has 0 saturated heterocycles. The van der Waals surface area contributed by atoms with Gasteiger partial charge in [-0.15, -0.1) is 0 Å². The van der Waals surface area contributed by atoms with Gasteiger partial charge in [-0.05, 0) is 11.5 Å². The van der Waals surface area contributed by atoms with E-state index in [1.54, 1.807) is 6.20 Å². The van der Waals surface area contributed by atoms with Crippen molar-refractivity contribution in [3.63, 3.8) is 0 Å². The lowest BCUT2D eigenvalue weighted by Gasteiger charge is -2.17. The standard InChI is InChI=1S/C10H12N2O/c1-10(2,3)7-4-5-11-9-8(7)13-6-12-9/h4-6H,1-3H3. The van der Waals surface area contributed by atoms with Gasteiger partial charge in [-0.1, -0.05) is 20.8 Å². The smallest absolute Gasteiger partial charge is 0.198 e. The Morgan fingerprint density at radius 3 is 2.69 bits per heavy atom. The number of fused-ring (bicyclic) bond motifs is 1. The number of aromatic nitrogens is 2. The van der Waals surface area contributed by atoms with E-state index in [0.717, 1.165) is 11.1 Å². The summed E-state index contributed by atoms with van der Waals surface area (Å²) in [5.74, 6) is 0. The fraction of sp³-hybridized carbons (Fsp3) is 0.400. The van der Waals surface area contributed by atoms with Crippen molar-refractivity contribution < 1.29 is 4.42 Å². The Morgan fingerprint density at radius 1 is 1.23 bits per heavy atom. The quantitative estimate of drug-likeness (QED) is 0.619. The highest BCUT2D eigenvalue weighted by Gasteiger charge is 2.19. The number of hydrogen-bond donors (Lipinski definition) is 0. The minimum Gasteiger partial charge on any atom is -0.441 e. The second kappa shape index (κ2) is 2.55. The van der Waals surface area contributed by atoms with Gasteiger partial charge in [0.25, 0.3) is 0 Å². The number of nitrogens with zero attached hydrogens (tertiary/aromatic N) is 2. The number of hydrogen-bond acceptors (Lipinski definition) is 3. The molecular weight excluding hydrogens is 164 g/mol. The van der Waals surface area contributed by atoms with E-state index in [2.05, 4.69) is 30.7 Å². The second-order valence-electron chi connectivity index (χ2n) is 4.11. The van der Waals surface area contributed by atoms with E-state index in [9.17, 15) is 0 Å². The molecule has 2 aromatic heterocycles. The highest BCUT2D eigenvalue weighted by molar-refractivity contribution is 5.72. The average Bonchev–Trinajstić information content (AvgIpc) is 2.48. The van der Waals surface area contributed by atoms with Crippen molar-refractivity contribution in [2.45, 2.75) is 26.2 Å². The summed E-state index contributed by atoms with van der Waals surface area (Å²) in [7, 11) is 0. The summed E-state index contributed by atoms with van der Waals surface area (Å²) in [6, 6.07) is 1.98. The maximum Gasteiger partial charge on any atom is 0.198 e. The monoisotopic (exact) mass is 176 g/mol. The van der Waals surface area contributed by atoms with Gasteiger partial charge in [0, 0.05) is 11.8 Å². The molecule has 0 aromatic carbocycles. The second-order valence-corrected chi connectivity index (χ2v) is 4.11. The normalized spacial score (nSPS) is 12.2. The summed E-state index contributed by atoms with van der Waals surface area (Å²) in [5.41, 5.74) is 2.71. The highest BCUT2D eigenvalue weighted by atomic mass is 16.3. The predicted molar refractivity (Wildman–Crippen MR) is 50.5 cm³/mol. The molecule has 0 spiro atoms. The van der Waals surface area contributed by atoms with Crippen molar-refractivity contribution in [1.82, 2.24) is 9.97 Å². The molecule has 0 aliphatic rings. The van der Waals surface area contributed by atoms with Crippen LogP contribution in [0.4, 0.5) is 0 Å². The number of oxazole rings is 1. The van der Waals surface area contributed by atoms with Gasteiger partial charge in [0.15, 0.2) is 17.6 Å². The van der Waals surface area contributed by atoms with Crippen molar-refractivity contribution in [3.05, 3.63) is 24.2 Å². The van der Waals surface area contributed by atoms with Crippen molar-refractivity contribution >= 4 is 11.2 Å². The molecule has 0 N–H and O–H groups in total. The molecule has 0 aliphatic heterocycles. The maximum absolute atomic E-state index is 5.30. The van der Waals surface area contributed by atoms with E-state index in [0.29, 0.717) is 5.65 Å². The first-order valence-corrected chi connectivity index (χ1v) is 4.28. The fourth-order valence-electron chi connectivity index (χ4n) is 1.36. The van der Waals surface area contributed by atoms with Crippen molar-refractivity contribution in [2.24, 2.45) is 0 Å². The van der Waals surface area contributed by atoms with Gasteiger partial charge in [0.2, 0.25) is 0 Å². The van der Waals surface area contributed by atoms with E-state index in [1.165, 1.54) is 6.39 Å². The highest BCUT2D eigenvalue weighted by Crippen LogP contribution is 2.27. The van der Waals surface area contributed by atoms with E-state index in [4.69, 9.17) is 4.42 Å². The SMILES string of the molecule is CC(C)(C)c1ccnc2ncoc12. The molecule has 2 heterocycles. The molecule has 3 heteroatoms. The van der Waals surface area contributed by atoms with Crippen LogP contribution in [0.15, 0.2) is 23.1 Å². The summed E-state index contributed by atoms with van der Waals surface area (Å²) < 4.78 is 5.30. The van der Waals surface area contributed by atoms with E-state index >= 15 is 0 Å². The molecular formula is C10H12N2O. The summed E-state index contributed by atoms with van der Waals surface area (Å²) in [5, 5.41) is 0. The van der Waals surface area contributed by atoms with Crippen LogP contribution in [0.3, 0.4) is 0 Å². The molecule has 2 rings (SSSR count). The molecule has 0 fully saturated rings. The molecule has 13 heavy (non-hydrogen) atoms. The Balaban J connectivity index is 2.75. The molecule has 3 nitrogen and oxygen atoms in total. The van der Waals surface area contributed by atoms with Crippen LogP contribution in [-0.4, -0.2) is 9.97 Å². The Hall–Kier alpha value is -1.38. The van der Waals surface area contributed by atoms with Gasteiger partial charge < -0.3 is 4.42 Å². The Morgan fingerprint density at radius 2 is 2.00 bits per heavy atom. The van der Waals surface area contributed by atoms with Gasteiger partial charge in [-0.2, -0.15) is 4.98 Å². The molecule has 0 aliphatic carbocycles. The van der Waals surface area contributed by atoms with E-state index in [-0.39, 0.29) is 5.41 Å². The number of pyridine rings is 1. The third-order valence-corrected chi connectivity index (χ3v) is 2.04.